The molecule has 2 atom stereocenters. The molecule has 3 nitrogen and oxygen atoms in total. The summed E-state index contributed by atoms with van der Waals surface area (Å²) >= 11 is 5.94. The van der Waals surface area contributed by atoms with Crippen molar-refractivity contribution in [3.63, 3.8) is 0 Å². The van der Waals surface area contributed by atoms with Gasteiger partial charge in [0.1, 0.15) is 5.75 Å². The fourth-order valence-corrected chi connectivity index (χ4v) is 2.97. The summed E-state index contributed by atoms with van der Waals surface area (Å²) in [4.78, 5) is 14.1. The molecule has 18 heavy (non-hydrogen) atoms. The van der Waals surface area contributed by atoms with Crippen molar-refractivity contribution in [3.8, 4) is 5.75 Å². The molecule has 1 aliphatic rings. The zero-order valence-electron chi connectivity index (χ0n) is 10.5. The molecule has 1 aromatic carbocycles. The van der Waals surface area contributed by atoms with Gasteiger partial charge in [-0.3, -0.25) is 4.79 Å². The van der Waals surface area contributed by atoms with Crippen molar-refractivity contribution in [1.29, 1.82) is 0 Å². The van der Waals surface area contributed by atoms with Crippen molar-refractivity contribution in [2.45, 2.75) is 25.8 Å². The number of carbonyl (C=O) groups excluding carboxylic acids is 1. The Balaban J connectivity index is 2.04. The molecule has 1 aliphatic heterocycles. The number of likely N-dealkylation sites (tertiary alicyclic amines) is 1. The van der Waals surface area contributed by atoms with Gasteiger partial charge in [0.15, 0.2) is 0 Å². The number of nitrogens with zero attached hydrogens (tertiary/aromatic N) is 1. The van der Waals surface area contributed by atoms with Gasteiger partial charge in [-0.25, -0.2) is 0 Å². The summed E-state index contributed by atoms with van der Waals surface area (Å²) in [6, 6.07) is 6.99. The number of hydrogen-bond donors (Lipinski definition) is 1. The number of aromatic hydroxyl groups is 1. The molecule has 1 amide bonds. The molecule has 0 saturated carbocycles. The van der Waals surface area contributed by atoms with Gasteiger partial charge < -0.3 is 10.0 Å². The maximum absolute atomic E-state index is 12.2. The molecule has 0 radical (unpaired) electrons. The van der Waals surface area contributed by atoms with Gasteiger partial charge in [-0.1, -0.05) is 19.1 Å². The molecule has 0 aliphatic carbocycles. The largest absolute Gasteiger partial charge is 0.508 e. The average Bonchev–Trinajstić information content (AvgIpc) is 2.70. The summed E-state index contributed by atoms with van der Waals surface area (Å²) in [7, 11) is 0. The van der Waals surface area contributed by atoms with Gasteiger partial charge in [-0.15, -0.1) is 11.6 Å². The SMILES string of the molecule is CC1CCN(C(=O)Cc2cccc(O)c2)C1CCl. The van der Waals surface area contributed by atoms with Gasteiger partial charge in [0.25, 0.3) is 0 Å². The molecular weight excluding hydrogens is 250 g/mol. The standard InChI is InChI=1S/C14H18ClNO2/c1-10-5-6-16(13(10)9-15)14(18)8-11-3-2-4-12(17)7-11/h2-4,7,10,13,17H,5-6,8-9H2,1H3. The Morgan fingerprint density at radius 2 is 2.33 bits per heavy atom. The Hall–Kier alpha value is -1.22. The normalized spacial score (nSPS) is 23.3. The number of phenols is 1. The van der Waals surface area contributed by atoms with E-state index in [0.717, 1.165) is 18.5 Å². The highest BCUT2D eigenvalue weighted by Gasteiger charge is 2.33. The van der Waals surface area contributed by atoms with E-state index in [2.05, 4.69) is 6.92 Å². The first-order valence-corrected chi connectivity index (χ1v) is 6.78. The van der Waals surface area contributed by atoms with Gasteiger partial charge in [0, 0.05) is 18.5 Å². The summed E-state index contributed by atoms with van der Waals surface area (Å²) < 4.78 is 0. The van der Waals surface area contributed by atoms with Gasteiger partial charge in [-0.2, -0.15) is 0 Å². The van der Waals surface area contributed by atoms with E-state index in [-0.39, 0.29) is 17.7 Å². The second-order valence-electron chi connectivity index (χ2n) is 4.92. The van der Waals surface area contributed by atoms with E-state index in [4.69, 9.17) is 11.6 Å². The lowest BCUT2D eigenvalue weighted by Gasteiger charge is -2.25. The summed E-state index contributed by atoms with van der Waals surface area (Å²) in [5.74, 6) is 1.25. The third kappa shape index (κ3) is 2.78. The fraction of sp³-hybridized carbons (Fsp3) is 0.500. The van der Waals surface area contributed by atoms with Crippen molar-refractivity contribution < 1.29 is 9.90 Å². The minimum absolute atomic E-state index is 0.0931. The van der Waals surface area contributed by atoms with Gasteiger partial charge in [-0.05, 0) is 30.0 Å². The molecule has 4 heteroatoms. The molecule has 0 aromatic heterocycles. The van der Waals surface area contributed by atoms with E-state index in [1.165, 1.54) is 0 Å². The number of hydrogen-bond acceptors (Lipinski definition) is 2. The number of carbonyl (C=O) groups is 1. The van der Waals surface area contributed by atoms with E-state index < -0.39 is 0 Å². The second-order valence-corrected chi connectivity index (χ2v) is 5.23. The number of rotatable bonds is 3. The Labute approximate surface area is 112 Å². The van der Waals surface area contributed by atoms with Crippen LogP contribution in [0.1, 0.15) is 18.9 Å². The van der Waals surface area contributed by atoms with Gasteiger partial charge >= 0.3 is 0 Å². The fourth-order valence-electron chi connectivity index (χ4n) is 2.50. The molecule has 0 spiro atoms. The molecule has 1 N–H and O–H groups in total. The summed E-state index contributed by atoms with van der Waals surface area (Å²) in [5.41, 5.74) is 0.841. The Morgan fingerprint density at radius 1 is 1.56 bits per heavy atom. The van der Waals surface area contributed by atoms with E-state index in [1.807, 2.05) is 11.0 Å². The van der Waals surface area contributed by atoms with Crippen molar-refractivity contribution in [3.05, 3.63) is 29.8 Å². The maximum Gasteiger partial charge on any atom is 0.227 e. The highest BCUT2D eigenvalue weighted by Crippen LogP contribution is 2.25. The molecule has 1 saturated heterocycles. The van der Waals surface area contributed by atoms with E-state index in [0.29, 0.717) is 18.2 Å². The molecule has 0 bridgehead atoms. The summed E-state index contributed by atoms with van der Waals surface area (Å²) in [6.45, 7) is 2.92. The molecule has 2 rings (SSSR count). The van der Waals surface area contributed by atoms with Crippen LogP contribution in [0.15, 0.2) is 24.3 Å². The Kier molecular flexibility index (Phi) is 4.12. The van der Waals surface area contributed by atoms with Gasteiger partial charge in [0.05, 0.1) is 6.42 Å². The number of benzene rings is 1. The van der Waals surface area contributed by atoms with Crippen LogP contribution in [0.25, 0.3) is 0 Å². The second kappa shape index (κ2) is 5.61. The maximum atomic E-state index is 12.2. The van der Waals surface area contributed by atoms with Gasteiger partial charge in [0.2, 0.25) is 5.91 Å². The van der Waals surface area contributed by atoms with Crippen LogP contribution in [0.3, 0.4) is 0 Å². The van der Waals surface area contributed by atoms with Crippen LogP contribution in [-0.4, -0.2) is 34.4 Å². The molecule has 1 heterocycles. The first-order valence-electron chi connectivity index (χ1n) is 6.25. The first kappa shape index (κ1) is 13.2. The van der Waals surface area contributed by atoms with Crippen molar-refractivity contribution in [1.82, 2.24) is 4.90 Å². The molecule has 1 fully saturated rings. The predicted molar refractivity (Wildman–Crippen MR) is 71.8 cm³/mol. The predicted octanol–water partition coefficient (Wildman–Crippen LogP) is 2.41. The molecule has 1 aromatic rings. The number of phenolic OH excluding ortho intramolecular Hbond substituents is 1. The van der Waals surface area contributed by atoms with Crippen LogP contribution in [0.4, 0.5) is 0 Å². The third-order valence-corrected chi connectivity index (χ3v) is 3.94. The topological polar surface area (TPSA) is 40.5 Å². The highest BCUT2D eigenvalue weighted by molar-refractivity contribution is 6.18. The minimum atomic E-state index is 0.0931. The average molecular weight is 268 g/mol. The van der Waals surface area contributed by atoms with Crippen molar-refractivity contribution >= 4 is 17.5 Å². The van der Waals surface area contributed by atoms with Crippen LogP contribution in [-0.2, 0) is 11.2 Å². The number of halogens is 1. The monoisotopic (exact) mass is 267 g/mol. The van der Waals surface area contributed by atoms with Crippen LogP contribution in [0.2, 0.25) is 0 Å². The molecular formula is C14H18ClNO2. The van der Waals surface area contributed by atoms with E-state index >= 15 is 0 Å². The van der Waals surface area contributed by atoms with E-state index in [9.17, 15) is 9.90 Å². The minimum Gasteiger partial charge on any atom is -0.508 e. The summed E-state index contributed by atoms with van der Waals surface area (Å²) in [5, 5.41) is 9.39. The highest BCUT2D eigenvalue weighted by atomic mass is 35.5. The third-order valence-electron chi connectivity index (χ3n) is 3.63. The lowest BCUT2D eigenvalue weighted by Crippen LogP contribution is -2.39. The van der Waals surface area contributed by atoms with Crippen LogP contribution in [0.5, 0.6) is 5.75 Å². The van der Waals surface area contributed by atoms with Crippen LogP contribution < -0.4 is 0 Å². The van der Waals surface area contributed by atoms with Crippen LogP contribution in [0, 0.1) is 5.92 Å². The van der Waals surface area contributed by atoms with Crippen LogP contribution >= 0.6 is 11.6 Å². The smallest absolute Gasteiger partial charge is 0.227 e. The van der Waals surface area contributed by atoms with E-state index in [1.54, 1.807) is 18.2 Å². The number of amides is 1. The van der Waals surface area contributed by atoms with Crippen molar-refractivity contribution in [2.75, 3.05) is 12.4 Å². The zero-order chi connectivity index (χ0) is 13.1. The quantitative estimate of drug-likeness (QED) is 0.855. The lowest BCUT2D eigenvalue weighted by molar-refractivity contribution is -0.131. The Bertz CT molecular complexity index is 436. The number of alkyl halides is 1. The van der Waals surface area contributed by atoms with Crippen molar-refractivity contribution in [2.24, 2.45) is 5.92 Å². The Morgan fingerprint density at radius 3 is 3.00 bits per heavy atom. The zero-order valence-corrected chi connectivity index (χ0v) is 11.2. The first-order chi connectivity index (χ1) is 8.61. The lowest BCUT2D eigenvalue weighted by atomic mass is 10.0. The molecule has 98 valence electrons. The molecule has 2 unspecified atom stereocenters. The summed E-state index contributed by atoms with van der Waals surface area (Å²) in [6.07, 6.45) is 1.34.